The van der Waals surface area contributed by atoms with Crippen LogP contribution in [0, 0.1) is 25.2 Å². The first-order chi connectivity index (χ1) is 15.4. The molecule has 1 saturated heterocycles. The number of aromatic nitrogens is 3. The summed E-state index contributed by atoms with van der Waals surface area (Å²) in [6.45, 7) is 11.5. The normalized spacial score (nSPS) is 17.3. The van der Waals surface area contributed by atoms with Crippen molar-refractivity contribution >= 4 is 22.4 Å². The van der Waals surface area contributed by atoms with Crippen LogP contribution in [0.15, 0.2) is 30.5 Å². The average Bonchev–Trinajstić information content (AvgIpc) is 3.29. The summed E-state index contributed by atoms with van der Waals surface area (Å²) in [6.07, 6.45) is 3.06. The van der Waals surface area contributed by atoms with Crippen molar-refractivity contribution in [2.45, 2.75) is 46.2 Å². The summed E-state index contributed by atoms with van der Waals surface area (Å²) >= 11 is 0. The quantitative estimate of drug-likeness (QED) is 0.628. The van der Waals surface area contributed by atoms with Gasteiger partial charge >= 0.3 is 0 Å². The van der Waals surface area contributed by atoms with E-state index < -0.39 is 0 Å². The van der Waals surface area contributed by atoms with Crippen molar-refractivity contribution in [3.8, 4) is 6.07 Å². The lowest BCUT2D eigenvalue weighted by molar-refractivity contribution is 0.352. The van der Waals surface area contributed by atoms with Crippen molar-refractivity contribution in [3.05, 3.63) is 52.8 Å². The van der Waals surface area contributed by atoms with Gasteiger partial charge in [0.1, 0.15) is 5.82 Å². The molecule has 1 aromatic carbocycles. The van der Waals surface area contributed by atoms with E-state index in [1.807, 2.05) is 32.2 Å². The summed E-state index contributed by atoms with van der Waals surface area (Å²) in [4.78, 5) is 9.52. The fourth-order valence-corrected chi connectivity index (χ4v) is 4.59. The minimum absolute atomic E-state index is 0.0224. The van der Waals surface area contributed by atoms with Crippen molar-refractivity contribution in [2.75, 3.05) is 36.9 Å². The molecule has 1 aliphatic heterocycles. The molecule has 2 aromatic heterocycles. The number of nitrogens with zero attached hydrogens (tertiary/aromatic N) is 6. The molecular formula is C25H31N7. The van der Waals surface area contributed by atoms with E-state index in [0.717, 1.165) is 65.3 Å². The lowest BCUT2D eigenvalue weighted by Gasteiger charge is -2.26. The molecular weight excluding hydrogens is 398 g/mol. The molecule has 0 aliphatic carbocycles. The SMILES string of the molecule is CCN1CC[C@H](N(C)c2cc3c(N[C@H](C)c4cccc(C#N)c4C)nnc(C)c3cn2)C1. The molecule has 1 N–H and O–H groups in total. The molecule has 0 radical (unpaired) electrons. The van der Waals surface area contributed by atoms with Gasteiger partial charge in [0.25, 0.3) is 0 Å². The number of rotatable bonds is 6. The van der Waals surface area contributed by atoms with Crippen LogP contribution in [0.2, 0.25) is 0 Å². The third-order valence-corrected chi connectivity index (χ3v) is 6.75. The van der Waals surface area contributed by atoms with E-state index in [1.54, 1.807) is 0 Å². The Morgan fingerprint density at radius 3 is 2.81 bits per heavy atom. The first-order valence-corrected chi connectivity index (χ1v) is 11.3. The van der Waals surface area contributed by atoms with E-state index in [-0.39, 0.29) is 6.04 Å². The zero-order valence-corrected chi connectivity index (χ0v) is 19.6. The summed E-state index contributed by atoms with van der Waals surface area (Å²) in [6, 6.07) is 10.7. The van der Waals surface area contributed by atoms with E-state index in [0.29, 0.717) is 11.6 Å². The summed E-state index contributed by atoms with van der Waals surface area (Å²) in [5.41, 5.74) is 3.63. The van der Waals surface area contributed by atoms with Gasteiger partial charge in [-0.05, 0) is 57.0 Å². The number of benzene rings is 1. The predicted molar refractivity (Wildman–Crippen MR) is 129 cm³/mol. The second-order valence-corrected chi connectivity index (χ2v) is 8.67. The highest BCUT2D eigenvalue weighted by molar-refractivity contribution is 5.94. The van der Waals surface area contributed by atoms with Crippen molar-refractivity contribution in [3.63, 3.8) is 0 Å². The van der Waals surface area contributed by atoms with Gasteiger partial charge in [0.05, 0.1) is 23.4 Å². The molecule has 7 nitrogen and oxygen atoms in total. The Labute approximate surface area is 190 Å². The van der Waals surface area contributed by atoms with E-state index >= 15 is 0 Å². The van der Waals surface area contributed by atoms with Gasteiger partial charge in [0.2, 0.25) is 0 Å². The van der Waals surface area contributed by atoms with Crippen molar-refractivity contribution in [2.24, 2.45) is 0 Å². The zero-order valence-electron chi connectivity index (χ0n) is 19.6. The van der Waals surface area contributed by atoms with Crippen LogP contribution in [-0.2, 0) is 0 Å². The smallest absolute Gasteiger partial charge is 0.157 e. The molecule has 2 atom stereocenters. The Kier molecular flexibility index (Phi) is 6.24. The number of nitrogens with one attached hydrogen (secondary N) is 1. The number of likely N-dealkylation sites (N-methyl/N-ethyl adjacent to an activating group) is 2. The fourth-order valence-electron chi connectivity index (χ4n) is 4.59. The average molecular weight is 430 g/mol. The molecule has 3 heterocycles. The Morgan fingerprint density at radius 2 is 2.09 bits per heavy atom. The third-order valence-electron chi connectivity index (χ3n) is 6.75. The van der Waals surface area contributed by atoms with Crippen LogP contribution in [0.1, 0.15) is 48.7 Å². The van der Waals surface area contributed by atoms with Crippen LogP contribution in [0.5, 0.6) is 0 Å². The molecule has 7 heteroatoms. The molecule has 0 spiro atoms. The van der Waals surface area contributed by atoms with Crippen LogP contribution in [-0.4, -0.2) is 52.8 Å². The van der Waals surface area contributed by atoms with Gasteiger partial charge in [-0.2, -0.15) is 10.4 Å². The van der Waals surface area contributed by atoms with E-state index in [1.165, 1.54) is 0 Å². The van der Waals surface area contributed by atoms with Crippen LogP contribution in [0.25, 0.3) is 10.8 Å². The molecule has 32 heavy (non-hydrogen) atoms. The van der Waals surface area contributed by atoms with Crippen LogP contribution >= 0.6 is 0 Å². The summed E-state index contributed by atoms with van der Waals surface area (Å²) in [5, 5.41) is 23.8. The van der Waals surface area contributed by atoms with Gasteiger partial charge < -0.3 is 15.1 Å². The topological polar surface area (TPSA) is 81.0 Å². The lowest BCUT2D eigenvalue weighted by atomic mass is 9.98. The number of anilines is 2. The van der Waals surface area contributed by atoms with Gasteiger partial charge in [-0.1, -0.05) is 19.1 Å². The number of pyridine rings is 1. The summed E-state index contributed by atoms with van der Waals surface area (Å²) in [5.74, 6) is 1.68. The number of nitriles is 1. The van der Waals surface area contributed by atoms with Gasteiger partial charge in [0, 0.05) is 43.1 Å². The van der Waals surface area contributed by atoms with Gasteiger partial charge in [-0.15, -0.1) is 5.10 Å². The molecule has 0 saturated carbocycles. The predicted octanol–water partition coefficient (Wildman–Crippen LogP) is 4.22. The van der Waals surface area contributed by atoms with Crippen LogP contribution in [0.3, 0.4) is 0 Å². The monoisotopic (exact) mass is 429 g/mol. The number of hydrogen-bond acceptors (Lipinski definition) is 7. The Morgan fingerprint density at radius 1 is 1.28 bits per heavy atom. The molecule has 1 aliphatic rings. The number of hydrogen-bond donors (Lipinski definition) is 1. The Bertz CT molecular complexity index is 1170. The second-order valence-electron chi connectivity index (χ2n) is 8.67. The Hall–Kier alpha value is -3.24. The van der Waals surface area contributed by atoms with E-state index in [2.05, 4.69) is 64.4 Å². The molecule has 3 aromatic rings. The maximum absolute atomic E-state index is 9.38. The summed E-state index contributed by atoms with van der Waals surface area (Å²) < 4.78 is 0. The van der Waals surface area contributed by atoms with Crippen molar-refractivity contribution < 1.29 is 0 Å². The third kappa shape index (κ3) is 4.11. The number of likely N-dealkylation sites (tertiary alicyclic amines) is 1. The van der Waals surface area contributed by atoms with Crippen LogP contribution < -0.4 is 10.2 Å². The summed E-state index contributed by atoms with van der Waals surface area (Å²) in [7, 11) is 2.13. The highest BCUT2D eigenvalue weighted by Crippen LogP contribution is 2.30. The first-order valence-electron chi connectivity index (χ1n) is 11.3. The van der Waals surface area contributed by atoms with Crippen molar-refractivity contribution in [1.29, 1.82) is 5.26 Å². The first kappa shape index (κ1) is 22.0. The van der Waals surface area contributed by atoms with Gasteiger partial charge in [0.15, 0.2) is 5.82 Å². The molecule has 0 unspecified atom stereocenters. The lowest BCUT2D eigenvalue weighted by Crippen LogP contribution is -2.35. The minimum Gasteiger partial charge on any atom is -0.362 e. The van der Waals surface area contributed by atoms with E-state index in [4.69, 9.17) is 4.98 Å². The maximum atomic E-state index is 9.38. The highest BCUT2D eigenvalue weighted by Gasteiger charge is 2.26. The molecule has 166 valence electrons. The van der Waals surface area contributed by atoms with Gasteiger partial charge in [-0.3, -0.25) is 0 Å². The standard InChI is InChI=1S/C25H31N7/c1-6-32-11-10-20(15-32)31(5)24-12-22-23(14-27-24)18(4)29-30-25(22)28-17(3)21-9-7-8-19(13-26)16(21)2/h7-9,12,14,17,20H,6,10-11,15H2,1-5H3,(H,28,30)/t17-,20+/m1/s1. The van der Waals surface area contributed by atoms with Gasteiger partial charge in [-0.25, -0.2) is 4.98 Å². The number of aryl methyl sites for hydroxylation is 1. The molecule has 0 bridgehead atoms. The van der Waals surface area contributed by atoms with Crippen LogP contribution in [0.4, 0.5) is 11.6 Å². The minimum atomic E-state index is -0.0224. The Balaban J connectivity index is 1.67. The maximum Gasteiger partial charge on any atom is 0.157 e. The molecule has 4 rings (SSSR count). The number of fused-ring (bicyclic) bond motifs is 1. The zero-order chi connectivity index (χ0) is 22.8. The largest absolute Gasteiger partial charge is 0.362 e. The molecule has 0 amide bonds. The van der Waals surface area contributed by atoms with E-state index in [9.17, 15) is 5.26 Å². The van der Waals surface area contributed by atoms with Crippen molar-refractivity contribution in [1.82, 2.24) is 20.1 Å². The molecule has 1 fully saturated rings. The highest BCUT2D eigenvalue weighted by atomic mass is 15.3. The second kappa shape index (κ2) is 9.09. The fraction of sp³-hybridized carbons (Fsp3) is 0.440.